The van der Waals surface area contributed by atoms with Gasteiger partial charge in [-0.1, -0.05) is 116 Å². The SMILES string of the molecule is CC(C)(C)c1cc(CCC(=O)Oc2c(C(C)(C)C)cc(C(C)(C)C)c(O)c2C(C)(C)C)cc(C(C)(C)C)c1O. The molecule has 0 unspecified atom stereocenters. The molecule has 2 N–H and O–H groups in total. The average Bonchev–Trinajstić information content (AvgIpc) is 2.68. The molecule has 0 saturated heterocycles. The maximum atomic E-state index is 13.4. The van der Waals surface area contributed by atoms with Crippen LogP contribution in [-0.4, -0.2) is 16.2 Å². The quantitative estimate of drug-likeness (QED) is 0.301. The van der Waals surface area contributed by atoms with Crippen LogP contribution >= 0.6 is 0 Å². The predicted octanol–water partition coefficient (Wildman–Crippen LogP) is 9.12. The summed E-state index contributed by atoms with van der Waals surface area (Å²) >= 11 is 0. The van der Waals surface area contributed by atoms with Gasteiger partial charge in [0.1, 0.15) is 17.2 Å². The molecule has 2 aromatic carbocycles. The predicted molar refractivity (Wildman–Crippen MR) is 164 cm³/mol. The summed E-state index contributed by atoms with van der Waals surface area (Å²) in [4.78, 5) is 13.4. The van der Waals surface area contributed by atoms with Crippen LogP contribution in [0.4, 0.5) is 0 Å². The second kappa shape index (κ2) is 10.5. The summed E-state index contributed by atoms with van der Waals surface area (Å²) in [5.74, 6) is 0.674. The number of phenols is 2. The second-order valence-corrected chi connectivity index (χ2v) is 16.3. The van der Waals surface area contributed by atoms with Gasteiger partial charge in [0.2, 0.25) is 0 Å². The molecule has 39 heavy (non-hydrogen) atoms. The van der Waals surface area contributed by atoms with Crippen LogP contribution in [0.2, 0.25) is 0 Å². The van der Waals surface area contributed by atoms with Crippen LogP contribution in [0.3, 0.4) is 0 Å². The molecule has 0 aliphatic rings. The van der Waals surface area contributed by atoms with E-state index in [9.17, 15) is 15.0 Å². The van der Waals surface area contributed by atoms with E-state index in [4.69, 9.17) is 4.74 Å². The number of benzene rings is 2. The van der Waals surface area contributed by atoms with Crippen molar-refractivity contribution < 1.29 is 19.7 Å². The van der Waals surface area contributed by atoms with Crippen molar-refractivity contribution in [3.63, 3.8) is 0 Å². The summed E-state index contributed by atoms with van der Waals surface area (Å²) in [5, 5.41) is 22.5. The number of hydrogen-bond acceptors (Lipinski definition) is 4. The number of hydrogen-bond donors (Lipinski definition) is 2. The fourth-order valence-corrected chi connectivity index (χ4v) is 4.98. The Bertz CT molecular complexity index is 1180. The lowest BCUT2D eigenvalue weighted by Gasteiger charge is -2.33. The zero-order chi connectivity index (χ0) is 30.5. The van der Waals surface area contributed by atoms with E-state index in [-0.39, 0.29) is 39.8 Å². The van der Waals surface area contributed by atoms with Crippen LogP contribution in [0, 0.1) is 0 Å². The Kier molecular flexibility index (Phi) is 8.80. The second-order valence-electron chi connectivity index (χ2n) is 16.3. The Balaban J connectivity index is 2.57. The lowest BCUT2D eigenvalue weighted by molar-refractivity contribution is -0.134. The lowest BCUT2D eigenvalue weighted by atomic mass is 9.74. The van der Waals surface area contributed by atoms with Gasteiger partial charge in [0.25, 0.3) is 0 Å². The van der Waals surface area contributed by atoms with Gasteiger partial charge in [0.05, 0.1) is 0 Å². The third-order valence-corrected chi connectivity index (χ3v) is 7.24. The van der Waals surface area contributed by atoms with Crippen molar-refractivity contribution in [1.29, 1.82) is 0 Å². The van der Waals surface area contributed by atoms with Crippen LogP contribution in [0.15, 0.2) is 18.2 Å². The first-order valence-corrected chi connectivity index (χ1v) is 14.2. The minimum atomic E-state index is -0.443. The monoisotopic (exact) mass is 538 g/mol. The number of carbonyl (C=O) groups is 1. The van der Waals surface area contributed by atoms with Gasteiger partial charge in [0, 0.05) is 23.1 Å². The molecule has 0 aliphatic heterocycles. The first kappa shape index (κ1) is 32.7. The van der Waals surface area contributed by atoms with Crippen LogP contribution in [0.25, 0.3) is 0 Å². The van der Waals surface area contributed by atoms with E-state index in [1.165, 1.54) is 0 Å². The van der Waals surface area contributed by atoms with Crippen LogP contribution in [0.1, 0.15) is 144 Å². The first-order valence-electron chi connectivity index (χ1n) is 14.2. The van der Waals surface area contributed by atoms with Crippen LogP contribution in [-0.2, 0) is 38.3 Å². The van der Waals surface area contributed by atoms with Crippen molar-refractivity contribution in [2.24, 2.45) is 0 Å². The fraction of sp³-hybridized carbons (Fsp3) is 0.629. The molecule has 0 radical (unpaired) electrons. The van der Waals surface area contributed by atoms with Gasteiger partial charge >= 0.3 is 5.97 Å². The zero-order valence-corrected chi connectivity index (χ0v) is 27.4. The summed E-state index contributed by atoms with van der Waals surface area (Å²) in [7, 11) is 0. The highest BCUT2D eigenvalue weighted by molar-refractivity contribution is 5.75. The highest BCUT2D eigenvalue weighted by Crippen LogP contribution is 2.49. The summed E-state index contributed by atoms with van der Waals surface area (Å²) < 4.78 is 6.17. The van der Waals surface area contributed by atoms with E-state index in [1.54, 1.807) is 0 Å². The molecule has 0 heterocycles. The van der Waals surface area contributed by atoms with Crippen molar-refractivity contribution in [3.05, 3.63) is 51.6 Å². The molecule has 2 rings (SSSR count). The van der Waals surface area contributed by atoms with Gasteiger partial charge in [-0.3, -0.25) is 4.79 Å². The van der Waals surface area contributed by atoms with Crippen LogP contribution < -0.4 is 4.74 Å². The Morgan fingerprint density at radius 2 is 0.974 bits per heavy atom. The molecule has 0 atom stereocenters. The number of phenolic OH excluding ortho intramolecular Hbond substituents is 2. The molecular weight excluding hydrogens is 484 g/mol. The average molecular weight is 539 g/mol. The molecule has 218 valence electrons. The smallest absolute Gasteiger partial charge is 0.311 e. The van der Waals surface area contributed by atoms with Gasteiger partial charge in [-0.25, -0.2) is 0 Å². The first-order chi connectivity index (χ1) is 17.3. The number of rotatable bonds is 4. The van der Waals surface area contributed by atoms with Crippen molar-refractivity contribution in [3.8, 4) is 17.2 Å². The summed E-state index contributed by atoms with van der Waals surface area (Å²) in [5.41, 5.74) is 3.69. The Hall–Kier alpha value is -2.49. The number of ether oxygens (including phenoxy) is 1. The van der Waals surface area contributed by atoms with Gasteiger partial charge in [-0.05, 0) is 56.3 Å². The Morgan fingerprint density at radius 3 is 1.33 bits per heavy atom. The standard InChI is InChI=1S/C35H54O4/c1-31(2,3)22-18-21(19-23(28(22)37)32(4,5)6)16-17-26(36)39-30-25(34(10,11)12)20-24(33(7,8)9)29(38)27(30)35(13,14)15/h18-20,37-38H,16-17H2,1-15H3. The molecular formula is C35H54O4. The van der Waals surface area contributed by atoms with E-state index in [2.05, 4.69) is 83.1 Å². The van der Waals surface area contributed by atoms with E-state index in [0.29, 0.717) is 23.5 Å². The molecule has 0 amide bonds. The van der Waals surface area contributed by atoms with Gasteiger partial charge < -0.3 is 14.9 Å². The third kappa shape index (κ3) is 7.58. The fourth-order valence-electron chi connectivity index (χ4n) is 4.98. The maximum absolute atomic E-state index is 13.4. The highest BCUT2D eigenvalue weighted by atomic mass is 16.5. The molecule has 0 bridgehead atoms. The van der Waals surface area contributed by atoms with Crippen molar-refractivity contribution in [2.75, 3.05) is 0 Å². The lowest BCUT2D eigenvalue weighted by Crippen LogP contribution is -2.25. The molecule has 0 aromatic heterocycles. The van der Waals surface area contributed by atoms with Gasteiger partial charge in [-0.15, -0.1) is 0 Å². The maximum Gasteiger partial charge on any atom is 0.311 e. The minimum absolute atomic E-state index is 0.187. The van der Waals surface area contributed by atoms with Gasteiger partial charge in [-0.2, -0.15) is 0 Å². The Labute approximate surface area is 238 Å². The van der Waals surface area contributed by atoms with Crippen LogP contribution in [0.5, 0.6) is 17.2 Å². The molecule has 4 nitrogen and oxygen atoms in total. The number of aromatic hydroxyl groups is 2. The topological polar surface area (TPSA) is 66.8 Å². The largest absolute Gasteiger partial charge is 0.507 e. The number of aryl methyl sites for hydroxylation is 1. The molecule has 0 fully saturated rings. The van der Waals surface area contributed by atoms with E-state index in [0.717, 1.165) is 27.8 Å². The van der Waals surface area contributed by atoms with E-state index < -0.39 is 5.41 Å². The number of carbonyl (C=O) groups excluding carboxylic acids is 1. The summed E-state index contributed by atoms with van der Waals surface area (Å²) in [6.45, 7) is 31.2. The van der Waals surface area contributed by atoms with Crippen molar-refractivity contribution >= 4 is 5.97 Å². The van der Waals surface area contributed by atoms with Crippen molar-refractivity contribution in [1.82, 2.24) is 0 Å². The highest BCUT2D eigenvalue weighted by Gasteiger charge is 2.35. The summed E-state index contributed by atoms with van der Waals surface area (Å²) in [6, 6.07) is 6.05. The molecule has 0 spiro atoms. The molecule has 2 aromatic rings. The van der Waals surface area contributed by atoms with E-state index in [1.807, 2.05) is 39.0 Å². The molecule has 0 saturated carbocycles. The van der Waals surface area contributed by atoms with Crippen molar-refractivity contribution in [2.45, 2.75) is 144 Å². The minimum Gasteiger partial charge on any atom is -0.507 e. The molecule has 4 heteroatoms. The third-order valence-electron chi connectivity index (χ3n) is 7.24. The summed E-state index contributed by atoms with van der Waals surface area (Å²) in [6.07, 6.45) is 0.680. The molecule has 0 aliphatic carbocycles. The van der Waals surface area contributed by atoms with Gasteiger partial charge in [0.15, 0.2) is 0 Å². The zero-order valence-electron chi connectivity index (χ0n) is 27.4. The number of esters is 1. The Morgan fingerprint density at radius 1 is 0.590 bits per heavy atom. The normalized spacial score (nSPS) is 13.5. The van der Waals surface area contributed by atoms with E-state index >= 15 is 0 Å².